The molecule has 5 nitrogen and oxygen atoms in total. The van der Waals surface area contributed by atoms with Crippen LogP contribution in [0.5, 0.6) is 0 Å². The van der Waals surface area contributed by atoms with Crippen molar-refractivity contribution >= 4 is 21.4 Å². The molecule has 1 aromatic carbocycles. The van der Waals surface area contributed by atoms with Gasteiger partial charge in [-0.1, -0.05) is 6.07 Å². The van der Waals surface area contributed by atoms with Crippen LogP contribution in [-0.2, 0) is 10.0 Å². The van der Waals surface area contributed by atoms with Crippen molar-refractivity contribution in [3.63, 3.8) is 0 Å². The zero-order valence-electron chi connectivity index (χ0n) is 10.7. The summed E-state index contributed by atoms with van der Waals surface area (Å²) in [4.78, 5) is 4.00. The minimum Gasteiger partial charge on any atom is -0.398 e. The van der Waals surface area contributed by atoms with Crippen molar-refractivity contribution in [1.82, 2.24) is 4.98 Å². The number of aromatic nitrogens is 1. The Kier molecular flexibility index (Phi) is 3.44. The van der Waals surface area contributed by atoms with E-state index < -0.39 is 10.0 Å². The summed E-state index contributed by atoms with van der Waals surface area (Å²) < 4.78 is 27.1. The summed E-state index contributed by atoms with van der Waals surface area (Å²) in [5, 5.41) is 0. The minimum absolute atomic E-state index is 0.0781. The standard InChI is InChI=1S/C13H15N3O2S/c1-9-3-4-13(11(14)7-9)19(17,18)16-12-5-6-15-8-10(12)2/h3-8H,14H2,1-2H3,(H,15,16). The van der Waals surface area contributed by atoms with Gasteiger partial charge in [0.05, 0.1) is 11.4 Å². The number of rotatable bonds is 3. The lowest BCUT2D eigenvalue weighted by molar-refractivity contribution is 0.601. The third kappa shape index (κ3) is 2.85. The van der Waals surface area contributed by atoms with Gasteiger partial charge in [-0.2, -0.15) is 0 Å². The number of anilines is 2. The molecule has 2 rings (SSSR count). The van der Waals surface area contributed by atoms with Crippen molar-refractivity contribution in [1.29, 1.82) is 0 Å². The quantitative estimate of drug-likeness (QED) is 0.841. The molecule has 0 amide bonds. The first-order chi connectivity index (χ1) is 8.90. The number of aryl methyl sites for hydroxylation is 2. The van der Waals surface area contributed by atoms with Crippen molar-refractivity contribution in [3.8, 4) is 0 Å². The summed E-state index contributed by atoms with van der Waals surface area (Å²) in [7, 11) is -3.69. The zero-order chi connectivity index (χ0) is 14.0. The Balaban J connectivity index is 2.41. The molecule has 1 aromatic heterocycles. The Hall–Kier alpha value is -2.08. The molecule has 0 aliphatic heterocycles. The first-order valence-corrected chi connectivity index (χ1v) is 7.18. The van der Waals surface area contributed by atoms with Crippen LogP contribution in [0.15, 0.2) is 41.6 Å². The fourth-order valence-electron chi connectivity index (χ4n) is 1.70. The molecule has 0 aliphatic rings. The van der Waals surface area contributed by atoms with Gasteiger partial charge in [0.2, 0.25) is 0 Å². The lowest BCUT2D eigenvalue weighted by Crippen LogP contribution is -2.15. The monoisotopic (exact) mass is 277 g/mol. The fraction of sp³-hybridized carbons (Fsp3) is 0.154. The van der Waals surface area contributed by atoms with Crippen molar-refractivity contribution < 1.29 is 8.42 Å². The Labute approximate surface area is 112 Å². The Morgan fingerprint density at radius 2 is 1.95 bits per heavy atom. The zero-order valence-corrected chi connectivity index (χ0v) is 11.5. The van der Waals surface area contributed by atoms with Crippen LogP contribution in [-0.4, -0.2) is 13.4 Å². The van der Waals surface area contributed by atoms with E-state index in [1.807, 2.05) is 6.92 Å². The molecular weight excluding hydrogens is 262 g/mol. The Bertz CT molecular complexity index is 712. The summed E-state index contributed by atoms with van der Waals surface area (Å²) in [6, 6.07) is 6.46. The van der Waals surface area contributed by atoms with Crippen LogP contribution < -0.4 is 10.5 Å². The van der Waals surface area contributed by atoms with Gasteiger partial charge in [-0.05, 0) is 43.2 Å². The lowest BCUT2D eigenvalue weighted by atomic mass is 10.2. The van der Waals surface area contributed by atoms with E-state index in [1.165, 1.54) is 12.3 Å². The van der Waals surface area contributed by atoms with Crippen molar-refractivity contribution in [2.24, 2.45) is 0 Å². The highest BCUT2D eigenvalue weighted by atomic mass is 32.2. The molecule has 6 heteroatoms. The summed E-state index contributed by atoms with van der Waals surface area (Å²) in [5.41, 5.74) is 8.16. The van der Waals surface area contributed by atoms with E-state index in [9.17, 15) is 8.42 Å². The second kappa shape index (κ2) is 4.89. The maximum Gasteiger partial charge on any atom is 0.263 e. The molecule has 3 N–H and O–H groups in total. The van der Waals surface area contributed by atoms with Gasteiger partial charge in [0.25, 0.3) is 10.0 Å². The highest BCUT2D eigenvalue weighted by molar-refractivity contribution is 7.92. The number of nitrogen functional groups attached to an aromatic ring is 1. The second-order valence-corrected chi connectivity index (χ2v) is 5.99. The van der Waals surface area contributed by atoms with Gasteiger partial charge in [-0.3, -0.25) is 9.71 Å². The van der Waals surface area contributed by atoms with Gasteiger partial charge in [-0.25, -0.2) is 8.42 Å². The number of pyridine rings is 1. The number of nitrogens with one attached hydrogen (secondary N) is 1. The second-order valence-electron chi connectivity index (χ2n) is 4.34. The maximum absolute atomic E-state index is 12.3. The van der Waals surface area contributed by atoms with E-state index in [-0.39, 0.29) is 10.6 Å². The minimum atomic E-state index is -3.69. The molecule has 0 spiro atoms. The molecule has 0 atom stereocenters. The molecule has 0 aliphatic carbocycles. The van der Waals surface area contributed by atoms with Crippen LogP contribution in [0, 0.1) is 13.8 Å². The highest BCUT2D eigenvalue weighted by Crippen LogP contribution is 2.23. The first-order valence-electron chi connectivity index (χ1n) is 5.70. The molecule has 19 heavy (non-hydrogen) atoms. The summed E-state index contributed by atoms with van der Waals surface area (Å²) >= 11 is 0. The summed E-state index contributed by atoms with van der Waals surface area (Å²) in [5.74, 6) is 0. The predicted octanol–water partition coefficient (Wildman–Crippen LogP) is 2.08. The van der Waals surface area contributed by atoms with E-state index in [4.69, 9.17) is 5.73 Å². The van der Waals surface area contributed by atoms with Crippen LogP contribution in [0.4, 0.5) is 11.4 Å². The molecule has 1 heterocycles. The summed E-state index contributed by atoms with van der Waals surface area (Å²) in [6.45, 7) is 3.64. The molecule has 2 aromatic rings. The van der Waals surface area contributed by atoms with E-state index in [0.717, 1.165) is 11.1 Å². The number of benzene rings is 1. The van der Waals surface area contributed by atoms with Crippen LogP contribution in [0.1, 0.15) is 11.1 Å². The molecular formula is C13H15N3O2S. The number of hydrogen-bond donors (Lipinski definition) is 2. The SMILES string of the molecule is Cc1ccc(S(=O)(=O)Nc2ccncc2C)c(N)c1. The van der Waals surface area contributed by atoms with E-state index in [0.29, 0.717) is 5.69 Å². The predicted molar refractivity (Wildman–Crippen MR) is 75.4 cm³/mol. The Morgan fingerprint density at radius 1 is 1.21 bits per heavy atom. The average molecular weight is 277 g/mol. The highest BCUT2D eigenvalue weighted by Gasteiger charge is 2.18. The van der Waals surface area contributed by atoms with Gasteiger partial charge >= 0.3 is 0 Å². The molecule has 0 fully saturated rings. The van der Waals surface area contributed by atoms with Crippen molar-refractivity contribution in [3.05, 3.63) is 47.8 Å². The average Bonchev–Trinajstić information content (AvgIpc) is 2.31. The first kappa shape index (κ1) is 13.4. The van der Waals surface area contributed by atoms with Gasteiger partial charge in [0.15, 0.2) is 0 Å². The van der Waals surface area contributed by atoms with Crippen molar-refractivity contribution in [2.75, 3.05) is 10.5 Å². The molecule has 0 bridgehead atoms. The summed E-state index contributed by atoms with van der Waals surface area (Å²) in [6.07, 6.45) is 3.12. The smallest absolute Gasteiger partial charge is 0.263 e. The van der Waals surface area contributed by atoms with Gasteiger partial charge in [0.1, 0.15) is 4.90 Å². The Morgan fingerprint density at radius 3 is 2.58 bits per heavy atom. The maximum atomic E-state index is 12.3. The van der Waals surface area contributed by atoms with E-state index in [1.54, 1.807) is 31.3 Å². The molecule has 100 valence electrons. The third-order valence-electron chi connectivity index (χ3n) is 2.72. The van der Waals surface area contributed by atoms with Crippen LogP contribution in [0.25, 0.3) is 0 Å². The van der Waals surface area contributed by atoms with Gasteiger partial charge in [-0.15, -0.1) is 0 Å². The van der Waals surface area contributed by atoms with Crippen LogP contribution in [0.2, 0.25) is 0 Å². The van der Waals surface area contributed by atoms with E-state index >= 15 is 0 Å². The van der Waals surface area contributed by atoms with Gasteiger partial charge in [0, 0.05) is 12.4 Å². The fourth-order valence-corrected chi connectivity index (χ4v) is 2.95. The molecule has 0 radical (unpaired) electrons. The normalized spacial score (nSPS) is 11.3. The number of nitrogens with two attached hydrogens (primary N) is 1. The van der Waals surface area contributed by atoms with Crippen molar-refractivity contribution in [2.45, 2.75) is 18.7 Å². The number of hydrogen-bond acceptors (Lipinski definition) is 4. The number of sulfonamides is 1. The van der Waals surface area contributed by atoms with Crippen LogP contribution in [0.3, 0.4) is 0 Å². The molecule has 0 unspecified atom stereocenters. The largest absolute Gasteiger partial charge is 0.398 e. The lowest BCUT2D eigenvalue weighted by Gasteiger charge is -2.12. The van der Waals surface area contributed by atoms with Crippen LogP contribution >= 0.6 is 0 Å². The third-order valence-corrected chi connectivity index (χ3v) is 4.16. The van der Waals surface area contributed by atoms with E-state index in [2.05, 4.69) is 9.71 Å². The topological polar surface area (TPSA) is 85.1 Å². The van der Waals surface area contributed by atoms with Gasteiger partial charge < -0.3 is 5.73 Å². The molecule has 0 saturated heterocycles. The molecule has 0 saturated carbocycles. The number of nitrogens with zero attached hydrogens (tertiary/aromatic N) is 1.